The molecule has 4 nitrogen and oxygen atoms in total. The van der Waals surface area contributed by atoms with E-state index >= 15 is 0 Å². The van der Waals surface area contributed by atoms with Crippen molar-refractivity contribution in [1.29, 1.82) is 0 Å². The van der Waals surface area contributed by atoms with Crippen LogP contribution in [0.5, 0.6) is 11.5 Å². The number of rotatable bonds is 5. The van der Waals surface area contributed by atoms with Crippen LogP contribution >= 0.6 is 0 Å². The van der Waals surface area contributed by atoms with Crippen molar-refractivity contribution >= 4 is 5.97 Å². The minimum absolute atomic E-state index is 0.0618. The highest BCUT2D eigenvalue weighted by atomic mass is 16.5. The van der Waals surface area contributed by atoms with Crippen molar-refractivity contribution < 1.29 is 19.4 Å². The molecule has 0 aliphatic heterocycles. The number of carbonyl (C=O) groups is 1. The number of esters is 1. The predicted molar refractivity (Wildman–Crippen MR) is 64.2 cm³/mol. The maximum Gasteiger partial charge on any atom is 0.310 e. The Morgan fingerprint density at radius 3 is 2.71 bits per heavy atom. The maximum absolute atomic E-state index is 11.5. The van der Waals surface area contributed by atoms with E-state index in [1.165, 1.54) is 13.2 Å². The Hall–Kier alpha value is -1.71. The smallest absolute Gasteiger partial charge is 0.310 e. The van der Waals surface area contributed by atoms with Gasteiger partial charge in [-0.05, 0) is 23.6 Å². The first-order valence-electron chi connectivity index (χ1n) is 5.54. The van der Waals surface area contributed by atoms with Crippen LogP contribution in [0.2, 0.25) is 0 Å². The van der Waals surface area contributed by atoms with Crippen LogP contribution < -0.4 is 4.74 Å². The molecule has 0 radical (unpaired) electrons. The summed E-state index contributed by atoms with van der Waals surface area (Å²) >= 11 is 0. The third-order valence-electron chi connectivity index (χ3n) is 2.17. The highest BCUT2D eigenvalue weighted by molar-refractivity contribution is 5.72. The normalized spacial score (nSPS) is 10.4. The molecular weight excluding hydrogens is 220 g/mol. The molecule has 94 valence electrons. The summed E-state index contributed by atoms with van der Waals surface area (Å²) < 4.78 is 10.0. The lowest BCUT2D eigenvalue weighted by molar-refractivity contribution is -0.143. The first kappa shape index (κ1) is 13.4. The molecule has 0 saturated heterocycles. The number of phenols is 1. The number of carbonyl (C=O) groups excluding carboxylic acids is 1. The second-order valence-corrected chi connectivity index (χ2v) is 4.26. The molecule has 0 aromatic heterocycles. The molecule has 0 fully saturated rings. The van der Waals surface area contributed by atoms with Gasteiger partial charge in [0.2, 0.25) is 0 Å². The molecule has 0 bridgehead atoms. The van der Waals surface area contributed by atoms with Crippen molar-refractivity contribution in [2.75, 3.05) is 13.7 Å². The van der Waals surface area contributed by atoms with Crippen molar-refractivity contribution in [3.8, 4) is 11.5 Å². The SMILES string of the molecule is COc1cc(CC(=O)OCC(C)C)ccc1O. The van der Waals surface area contributed by atoms with Crippen LogP contribution in [0.15, 0.2) is 18.2 Å². The van der Waals surface area contributed by atoms with Gasteiger partial charge in [-0.15, -0.1) is 0 Å². The summed E-state index contributed by atoms with van der Waals surface area (Å²) in [6.07, 6.45) is 0.184. The summed E-state index contributed by atoms with van der Waals surface area (Å²) in [5.41, 5.74) is 0.758. The van der Waals surface area contributed by atoms with E-state index in [2.05, 4.69) is 0 Å². The summed E-state index contributed by atoms with van der Waals surface area (Å²) in [6.45, 7) is 4.39. The standard InChI is InChI=1S/C13H18O4/c1-9(2)8-17-13(15)7-10-4-5-11(14)12(6-10)16-3/h4-6,9,14H,7-8H2,1-3H3. The van der Waals surface area contributed by atoms with Gasteiger partial charge in [0.15, 0.2) is 11.5 Å². The topological polar surface area (TPSA) is 55.8 Å². The van der Waals surface area contributed by atoms with E-state index in [1.54, 1.807) is 12.1 Å². The lowest BCUT2D eigenvalue weighted by Crippen LogP contribution is -2.12. The van der Waals surface area contributed by atoms with Crippen molar-refractivity contribution in [2.45, 2.75) is 20.3 Å². The van der Waals surface area contributed by atoms with E-state index < -0.39 is 0 Å². The van der Waals surface area contributed by atoms with Gasteiger partial charge in [0.25, 0.3) is 0 Å². The molecule has 0 atom stereocenters. The number of benzene rings is 1. The summed E-state index contributed by atoms with van der Waals surface area (Å²) in [4.78, 5) is 11.5. The molecule has 0 heterocycles. The molecule has 0 unspecified atom stereocenters. The highest BCUT2D eigenvalue weighted by Crippen LogP contribution is 2.26. The van der Waals surface area contributed by atoms with Gasteiger partial charge in [0.05, 0.1) is 20.1 Å². The van der Waals surface area contributed by atoms with Crippen LogP contribution in [0.25, 0.3) is 0 Å². The van der Waals surface area contributed by atoms with E-state index in [0.29, 0.717) is 18.3 Å². The van der Waals surface area contributed by atoms with E-state index in [-0.39, 0.29) is 18.1 Å². The molecule has 0 saturated carbocycles. The minimum Gasteiger partial charge on any atom is -0.504 e. The van der Waals surface area contributed by atoms with Crippen molar-refractivity contribution in [3.63, 3.8) is 0 Å². The van der Waals surface area contributed by atoms with E-state index in [0.717, 1.165) is 5.56 Å². The largest absolute Gasteiger partial charge is 0.504 e. The fraction of sp³-hybridized carbons (Fsp3) is 0.462. The molecule has 1 aromatic rings. The number of ether oxygens (including phenoxy) is 2. The second kappa shape index (κ2) is 6.13. The molecule has 0 amide bonds. The lowest BCUT2D eigenvalue weighted by atomic mass is 10.1. The number of aromatic hydroxyl groups is 1. The molecule has 0 aliphatic rings. The molecule has 1 rings (SSSR count). The van der Waals surface area contributed by atoms with Crippen LogP contribution in [-0.2, 0) is 16.0 Å². The van der Waals surface area contributed by atoms with Crippen LogP contribution in [0, 0.1) is 5.92 Å². The third-order valence-corrected chi connectivity index (χ3v) is 2.17. The van der Waals surface area contributed by atoms with Gasteiger partial charge < -0.3 is 14.6 Å². The molecule has 17 heavy (non-hydrogen) atoms. The maximum atomic E-state index is 11.5. The zero-order chi connectivity index (χ0) is 12.8. The Morgan fingerprint density at radius 1 is 1.41 bits per heavy atom. The van der Waals surface area contributed by atoms with E-state index in [9.17, 15) is 9.90 Å². The number of hydrogen-bond acceptors (Lipinski definition) is 4. The summed E-state index contributed by atoms with van der Waals surface area (Å²) in [7, 11) is 1.47. The Labute approximate surface area is 101 Å². The summed E-state index contributed by atoms with van der Waals surface area (Å²) in [5, 5.41) is 9.40. The van der Waals surface area contributed by atoms with Gasteiger partial charge in [0.1, 0.15) is 0 Å². The molecule has 4 heteroatoms. The Bertz CT molecular complexity index is 385. The first-order valence-corrected chi connectivity index (χ1v) is 5.54. The van der Waals surface area contributed by atoms with Crippen LogP contribution in [0.1, 0.15) is 19.4 Å². The molecule has 0 spiro atoms. The average molecular weight is 238 g/mol. The third kappa shape index (κ3) is 4.34. The summed E-state index contributed by atoms with van der Waals surface area (Å²) in [5.74, 6) is 0.478. The molecule has 0 aliphatic carbocycles. The second-order valence-electron chi connectivity index (χ2n) is 4.26. The monoisotopic (exact) mass is 238 g/mol. The number of methoxy groups -OCH3 is 1. The summed E-state index contributed by atoms with van der Waals surface area (Å²) in [6, 6.07) is 4.81. The van der Waals surface area contributed by atoms with Gasteiger partial charge in [-0.25, -0.2) is 0 Å². The minimum atomic E-state index is -0.272. The van der Waals surface area contributed by atoms with Gasteiger partial charge in [-0.1, -0.05) is 19.9 Å². The van der Waals surface area contributed by atoms with Crippen LogP contribution in [0.3, 0.4) is 0 Å². The average Bonchev–Trinajstić information content (AvgIpc) is 2.29. The first-order chi connectivity index (χ1) is 8.02. The Balaban J connectivity index is 2.59. The quantitative estimate of drug-likeness (QED) is 0.798. The predicted octanol–water partition coefficient (Wildman–Crippen LogP) is 2.14. The number of phenolic OH excluding ortho intramolecular Hbond substituents is 1. The van der Waals surface area contributed by atoms with Gasteiger partial charge in [-0.3, -0.25) is 4.79 Å². The highest BCUT2D eigenvalue weighted by Gasteiger charge is 2.08. The van der Waals surface area contributed by atoms with E-state index in [4.69, 9.17) is 9.47 Å². The lowest BCUT2D eigenvalue weighted by Gasteiger charge is -2.08. The van der Waals surface area contributed by atoms with Crippen molar-refractivity contribution in [3.05, 3.63) is 23.8 Å². The Kier molecular flexibility index (Phi) is 4.82. The van der Waals surface area contributed by atoms with Crippen molar-refractivity contribution in [1.82, 2.24) is 0 Å². The molecule has 1 aromatic carbocycles. The van der Waals surface area contributed by atoms with Gasteiger partial charge in [0, 0.05) is 0 Å². The van der Waals surface area contributed by atoms with Gasteiger partial charge >= 0.3 is 5.97 Å². The Morgan fingerprint density at radius 2 is 2.12 bits per heavy atom. The zero-order valence-electron chi connectivity index (χ0n) is 10.4. The van der Waals surface area contributed by atoms with Crippen LogP contribution in [-0.4, -0.2) is 24.8 Å². The van der Waals surface area contributed by atoms with E-state index in [1.807, 2.05) is 13.8 Å². The van der Waals surface area contributed by atoms with Crippen LogP contribution in [0.4, 0.5) is 0 Å². The fourth-order valence-electron chi connectivity index (χ4n) is 1.31. The molecule has 1 N–H and O–H groups in total. The van der Waals surface area contributed by atoms with Crippen molar-refractivity contribution in [2.24, 2.45) is 5.92 Å². The fourth-order valence-corrected chi connectivity index (χ4v) is 1.31. The number of hydrogen-bond donors (Lipinski definition) is 1. The zero-order valence-corrected chi connectivity index (χ0v) is 10.4. The van der Waals surface area contributed by atoms with Gasteiger partial charge in [-0.2, -0.15) is 0 Å². The molecular formula is C13H18O4.